The minimum absolute atomic E-state index is 0. The molecule has 0 spiro atoms. The maximum absolute atomic E-state index is 12.6. The molecule has 9 heteroatoms. The first-order valence-electron chi connectivity index (χ1n) is 8.77. The van der Waals surface area contributed by atoms with Gasteiger partial charge in [0.05, 0.1) is 17.7 Å². The predicted molar refractivity (Wildman–Crippen MR) is 111 cm³/mol. The van der Waals surface area contributed by atoms with Crippen LogP contribution in [0.15, 0.2) is 53.4 Å². The van der Waals surface area contributed by atoms with Crippen LogP contribution in [0.4, 0.5) is 5.69 Å². The molecule has 1 fully saturated rings. The smallest absolute Gasteiger partial charge is 0.262 e. The Kier molecular flexibility index (Phi) is 7.68. The molecule has 0 aromatic heterocycles. The fourth-order valence-corrected chi connectivity index (χ4v) is 4.03. The van der Waals surface area contributed by atoms with Crippen molar-refractivity contribution in [2.45, 2.75) is 23.8 Å². The fraction of sp³-hybridized carbons (Fsp3) is 0.316. The van der Waals surface area contributed by atoms with Gasteiger partial charge in [-0.25, -0.2) is 8.42 Å². The van der Waals surface area contributed by atoms with Crippen molar-refractivity contribution in [2.24, 2.45) is 0 Å². The monoisotopic (exact) mass is 425 g/mol. The molecule has 2 aromatic rings. The van der Waals surface area contributed by atoms with Crippen molar-refractivity contribution in [1.29, 1.82) is 0 Å². The molecule has 0 saturated carbocycles. The average molecular weight is 426 g/mol. The third-order valence-electron chi connectivity index (χ3n) is 4.41. The number of rotatable bonds is 6. The van der Waals surface area contributed by atoms with Crippen molar-refractivity contribution in [3.63, 3.8) is 0 Å². The summed E-state index contributed by atoms with van der Waals surface area (Å²) < 4.78 is 32.9. The number of methoxy groups -OCH3 is 1. The second kappa shape index (κ2) is 9.77. The summed E-state index contributed by atoms with van der Waals surface area (Å²) in [4.78, 5) is 12.4. The maximum Gasteiger partial charge on any atom is 0.262 e. The van der Waals surface area contributed by atoms with Gasteiger partial charge >= 0.3 is 0 Å². The van der Waals surface area contributed by atoms with Gasteiger partial charge in [-0.05, 0) is 55.8 Å². The molecule has 152 valence electrons. The molecule has 1 aliphatic rings. The van der Waals surface area contributed by atoms with Crippen molar-refractivity contribution in [1.82, 2.24) is 10.6 Å². The second-order valence-corrected chi connectivity index (χ2v) is 8.03. The molecule has 0 radical (unpaired) electrons. The minimum atomic E-state index is -3.79. The number of ether oxygens (including phenoxy) is 1. The van der Waals surface area contributed by atoms with Gasteiger partial charge in [0, 0.05) is 18.2 Å². The molecule has 2 aromatic carbocycles. The summed E-state index contributed by atoms with van der Waals surface area (Å²) in [6, 6.07) is 12.7. The normalized spacial score (nSPS) is 16.5. The highest BCUT2D eigenvalue weighted by Gasteiger charge is 2.19. The van der Waals surface area contributed by atoms with Gasteiger partial charge in [-0.15, -0.1) is 12.4 Å². The summed E-state index contributed by atoms with van der Waals surface area (Å²) in [5.41, 5.74) is 0.781. The van der Waals surface area contributed by atoms with E-state index in [0.29, 0.717) is 17.0 Å². The number of halogens is 1. The predicted octanol–water partition coefficient (Wildman–Crippen LogP) is 2.40. The zero-order valence-corrected chi connectivity index (χ0v) is 17.1. The number of benzene rings is 2. The van der Waals surface area contributed by atoms with E-state index in [4.69, 9.17) is 4.74 Å². The Morgan fingerprint density at radius 2 is 1.86 bits per heavy atom. The van der Waals surface area contributed by atoms with Crippen LogP contribution in [0.1, 0.15) is 23.2 Å². The first-order chi connectivity index (χ1) is 13.0. The largest absolute Gasteiger partial charge is 0.495 e. The highest BCUT2D eigenvalue weighted by Crippen LogP contribution is 2.26. The van der Waals surface area contributed by atoms with E-state index in [2.05, 4.69) is 15.4 Å². The number of nitrogens with one attached hydrogen (secondary N) is 3. The second-order valence-electron chi connectivity index (χ2n) is 6.35. The SMILES string of the molecule is COc1ccccc1NS(=O)(=O)c1ccc(C(=O)NC2CCCNC2)cc1.Cl. The Hall–Kier alpha value is -2.29. The van der Waals surface area contributed by atoms with Gasteiger partial charge < -0.3 is 15.4 Å². The molecule has 0 bridgehead atoms. The van der Waals surface area contributed by atoms with Crippen LogP contribution in [-0.2, 0) is 10.0 Å². The van der Waals surface area contributed by atoms with Crippen LogP contribution in [0.5, 0.6) is 5.75 Å². The van der Waals surface area contributed by atoms with Crippen molar-refractivity contribution < 1.29 is 17.9 Å². The number of piperidine rings is 1. The van der Waals surface area contributed by atoms with Crippen LogP contribution in [0, 0.1) is 0 Å². The minimum Gasteiger partial charge on any atom is -0.495 e. The summed E-state index contributed by atoms with van der Waals surface area (Å²) in [5, 5.41) is 6.21. The third kappa shape index (κ3) is 5.37. The standard InChI is InChI=1S/C19H23N3O4S.ClH/c1-26-18-7-3-2-6-17(18)22-27(24,25)16-10-8-14(9-11-16)19(23)21-15-5-4-12-20-13-15;/h2-3,6-11,15,20,22H,4-5,12-13H2,1H3,(H,21,23);1H. The van der Waals surface area contributed by atoms with Crippen LogP contribution < -0.4 is 20.1 Å². The zero-order chi connectivity index (χ0) is 19.3. The lowest BCUT2D eigenvalue weighted by molar-refractivity contribution is 0.0930. The van der Waals surface area contributed by atoms with Crippen LogP contribution in [0.25, 0.3) is 0 Å². The quantitative estimate of drug-likeness (QED) is 0.660. The topological polar surface area (TPSA) is 96.5 Å². The van der Waals surface area contributed by atoms with Gasteiger partial charge in [0.1, 0.15) is 5.75 Å². The summed E-state index contributed by atoms with van der Waals surface area (Å²) in [6.45, 7) is 1.72. The van der Waals surface area contributed by atoms with Crippen LogP contribution in [-0.4, -0.2) is 40.6 Å². The Labute approximate surface area is 171 Å². The van der Waals surface area contributed by atoms with Crippen LogP contribution >= 0.6 is 12.4 Å². The number of hydrogen-bond donors (Lipinski definition) is 3. The molecular weight excluding hydrogens is 402 g/mol. The molecule has 1 aliphatic heterocycles. The third-order valence-corrected chi connectivity index (χ3v) is 5.79. The summed E-state index contributed by atoms with van der Waals surface area (Å²) in [5.74, 6) is 0.225. The van der Waals surface area contributed by atoms with E-state index >= 15 is 0 Å². The average Bonchev–Trinajstić information content (AvgIpc) is 2.69. The number of anilines is 1. The molecule has 7 nitrogen and oxygen atoms in total. The molecule has 3 rings (SSSR count). The van der Waals surface area contributed by atoms with Gasteiger partial charge in [-0.3, -0.25) is 9.52 Å². The Balaban J connectivity index is 0.00000280. The number of sulfonamides is 1. The lowest BCUT2D eigenvalue weighted by Crippen LogP contribution is -2.45. The van der Waals surface area contributed by atoms with Crippen molar-refractivity contribution >= 4 is 34.0 Å². The molecule has 28 heavy (non-hydrogen) atoms. The Morgan fingerprint density at radius 1 is 1.14 bits per heavy atom. The van der Waals surface area contributed by atoms with Crippen molar-refractivity contribution in [3.05, 3.63) is 54.1 Å². The van der Waals surface area contributed by atoms with Crippen molar-refractivity contribution in [3.8, 4) is 5.75 Å². The van der Waals surface area contributed by atoms with E-state index in [9.17, 15) is 13.2 Å². The van der Waals surface area contributed by atoms with Gasteiger partial charge in [0.15, 0.2) is 0 Å². The highest BCUT2D eigenvalue weighted by atomic mass is 35.5. The van der Waals surface area contributed by atoms with Crippen LogP contribution in [0.2, 0.25) is 0 Å². The zero-order valence-electron chi connectivity index (χ0n) is 15.5. The summed E-state index contributed by atoms with van der Waals surface area (Å²) >= 11 is 0. The van der Waals surface area contributed by atoms with Gasteiger partial charge in [0.25, 0.3) is 15.9 Å². The molecule has 3 N–H and O–H groups in total. The number of amides is 1. The molecule has 1 amide bonds. The Bertz CT molecular complexity index is 898. The highest BCUT2D eigenvalue weighted by molar-refractivity contribution is 7.92. The first-order valence-corrected chi connectivity index (χ1v) is 10.3. The van der Waals surface area contributed by atoms with Gasteiger partial charge in [0.2, 0.25) is 0 Å². The molecule has 1 saturated heterocycles. The summed E-state index contributed by atoms with van der Waals surface area (Å²) in [7, 11) is -2.31. The van der Waals surface area contributed by atoms with E-state index in [-0.39, 0.29) is 29.3 Å². The van der Waals surface area contributed by atoms with E-state index in [1.807, 2.05) is 0 Å². The van der Waals surface area contributed by atoms with E-state index in [1.54, 1.807) is 24.3 Å². The van der Waals surface area contributed by atoms with Crippen LogP contribution in [0.3, 0.4) is 0 Å². The Morgan fingerprint density at radius 3 is 2.50 bits per heavy atom. The van der Waals surface area contributed by atoms with E-state index in [1.165, 1.54) is 31.4 Å². The number of hydrogen-bond acceptors (Lipinski definition) is 5. The number of carbonyl (C=O) groups is 1. The molecule has 1 atom stereocenters. The van der Waals surface area contributed by atoms with E-state index in [0.717, 1.165) is 25.9 Å². The molecule has 0 aliphatic carbocycles. The lowest BCUT2D eigenvalue weighted by atomic mass is 10.1. The summed E-state index contributed by atoms with van der Waals surface area (Å²) in [6.07, 6.45) is 1.96. The number of carbonyl (C=O) groups excluding carboxylic acids is 1. The lowest BCUT2D eigenvalue weighted by Gasteiger charge is -2.23. The maximum atomic E-state index is 12.6. The first kappa shape index (κ1) is 22.0. The number of para-hydroxylation sites is 2. The van der Waals surface area contributed by atoms with Crippen molar-refractivity contribution in [2.75, 3.05) is 24.9 Å². The van der Waals surface area contributed by atoms with Gasteiger partial charge in [-0.2, -0.15) is 0 Å². The molecule has 1 heterocycles. The van der Waals surface area contributed by atoms with E-state index < -0.39 is 10.0 Å². The molecule has 1 unspecified atom stereocenters. The molecular formula is C19H24ClN3O4S. The fourth-order valence-electron chi connectivity index (χ4n) is 2.96. The van der Waals surface area contributed by atoms with Gasteiger partial charge in [-0.1, -0.05) is 12.1 Å².